The number of likely N-dealkylation sites (tertiary alicyclic amines) is 1. The highest BCUT2D eigenvalue weighted by Crippen LogP contribution is 2.42. The molecule has 0 aromatic carbocycles. The molecule has 136 valence electrons. The minimum Gasteiger partial charge on any atom is -0.338 e. The molecular formula is C18H25N3O3S. The molecule has 3 heterocycles. The summed E-state index contributed by atoms with van der Waals surface area (Å²) in [6.07, 6.45) is 8.32. The van der Waals surface area contributed by atoms with E-state index in [4.69, 9.17) is 0 Å². The summed E-state index contributed by atoms with van der Waals surface area (Å²) in [6.45, 7) is 2.42. The number of aromatic nitrogens is 1. The lowest BCUT2D eigenvalue weighted by atomic mass is 9.74. The molecule has 0 bridgehead atoms. The highest BCUT2D eigenvalue weighted by atomic mass is 32.2. The van der Waals surface area contributed by atoms with Crippen molar-refractivity contribution in [2.75, 3.05) is 19.6 Å². The fraction of sp³-hybridized carbons (Fsp3) is 0.667. The van der Waals surface area contributed by atoms with Crippen molar-refractivity contribution in [3.05, 3.63) is 30.1 Å². The van der Waals surface area contributed by atoms with Crippen LogP contribution in [0.4, 0.5) is 0 Å². The van der Waals surface area contributed by atoms with E-state index < -0.39 is 10.0 Å². The van der Waals surface area contributed by atoms with Gasteiger partial charge in [-0.05, 0) is 43.7 Å². The molecule has 3 fully saturated rings. The van der Waals surface area contributed by atoms with Crippen LogP contribution in [0.15, 0.2) is 24.5 Å². The standard InChI is InChI=1S/C18H25N3O3S/c22-17-6-8-18(13-20(17)12-15-3-1-9-19-11-15)7-2-10-21(14-18)25(23,24)16-4-5-16/h1,3,9,11,16H,2,4-8,10,12-14H2. The van der Waals surface area contributed by atoms with E-state index in [0.717, 1.165) is 37.7 Å². The quantitative estimate of drug-likeness (QED) is 0.818. The zero-order valence-electron chi connectivity index (χ0n) is 14.4. The van der Waals surface area contributed by atoms with Gasteiger partial charge in [0.1, 0.15) is 0 Å². The second-order valence-electron chi connectivity index (χ2n) is 7.79. The van der Waals surface area contributed by atoms with Crippen LogP contribution in [-0.4, -0.2) is 53.4 Å². The van der Waals surface area contributed by atoms with Gasteiger partial charge < -0.3 is 4.90 Å². The van der Waals surface area contributed by atoms with Crippen molar-refractivity contribution in [1.29, 1.82) is 0 Å². The summed E-state index contributed by atoms with van der Waals surface area (Å²) in [5.41, 5.74) is 0.933. The van der Waals surface area contributed by atoms with Crippen LogP contribution in [0.3, 0.4) is 0 Å². The van der Waals surface area contributed by atoms with Gasteiger partial charge >= 0.3 is 0 Å². The lowest BCUT2D eigenvalue weighted by Gasteiger charge is -2.47. The summed E-state index contributed by atoms with van der Waals surface area (Å²) in [7, 11) is -3.13. The third-order valence-corrected chi connectivity index (χ3v) is 8.12. The Morgan fingerprint density at radius 2 is 2.08 bits per heavy atom. The minimum atomic E-state index is -3.13. The van der Waals surface area contributed by atoms with Crippen molar-refractivity contribution < 1.29 is 13.2 Å². The van der Waals surface area contributed by atoms with E-state index in [1.807, 2.05) is 17.0 Å². The van der Waals surface area contributed by atoms with E-state index in [0.29, 0.717) is 32.6 Å². The fourth-order valence-electron chi connectivity index (χ4n) is 4.25. The van der Waals surface area contributed by atoms with Crippen LogP contribution < -0.4 is 0 Å². The summed E-state index contributed by atoms with van der Waals surface area (Å²) < 4.78 is 27.0. The van der Waals surface area contributed by atoms with E-state index >= 15 is 0 Å². The summed E-state index contributed by atoms with van der Waals surface area (Å²) in [5.74, 6) is 0.164. The SMILES string of the molecule is O=C1CCC2(CCCN(S(=O)(=O)C3CC3)C2)CN1Cc1cccnc1. The molecule has 1 saturated carbocycles. The molecule has 2 aliphatic heterocycles. The number of hydrogen-bond acceptors (Lipinski definition) is 4. The molecule has 3 aliphatic rings. The Hall–Kier alpha value is -1.47. The Morgan fingerprint density at radius 3 is 2.80 bits per heavy atom. The van der Waals surface area contributed by atoms with Crippen molar-refractivity contribution in [3.63, 3.8) is 0 Å². The van der Waals surface area contributed by atoms with Crippen LogP contribution in [-0.2, 0) is 21.4 Å². The minimum absolute atomic E-state index is 0.0870. The normalized spacial score (nSPS) is 28.5. The molecular weight excluding hydrogens is 338 g/mol. The summed E-state index contributed by atoms with van der Waals surface area (Å²) in [5, 5.41) is -0.153. The van der Waals surface area contributed by atoms with Crippen LogP contribution in [0.2, 0.25) is 0 Å². The predicted molar refractivity (Wildman–Crippen MR) is 94.1 cm³/mol. The Morgan fingerprint density at radius 1 is 1.24 bits per heavy atom. The van der Waals surface area contributed by atoms with Gasteiger partial charge in [0.25, 0.3) is 0 Å². The highest BCUT2D eigenvalue weighted by molar-refractivity contribution is 7.90. The van der Waals surface area contributed by atoms with Gasteiger partial charge in [-0.2, -0.15) is 0 Å². The number of sulfonamides is 1. The van der Waals surface area contributed by atoms with Crippen LogP contribution >= 0.6 is 0 Å². The fourth-order valence-corrected chi connectivity index (χ4v) is 6.24. The van der Waals surface area contributed by atoms with Crippen molar-refractivity contribution >= 4 is 15.9 Å². The number of piperidine rings is 2. The molecule has 6 nitrogen and oxygen atoms in total. The first kappa shape index (κ1) is 17.0. The monoisotopic (exact) mass is 363 g/mol. The number of hydrogen-bond donors (Lipinski definition) is 0. The third-order valence-electron chi connectivity index (χ3n) is 5.78. The van der Waals surface area contributed by atoms with E-state index in [1.54, 1.807) is 16.7 Å². The summed E-state index contributed by atoms with van der Waals surface area (Å²) in [6, 6.07) is 3.86. The number of nitrogens with zero attached hydrogens (tertiary/aromatic N) is 3. The largest absolute Gasteiger partial charge is 0.338 e. The highest BCUT2D eigenvalue weighted by Gasteiger charge is 2.47. The van der Waals surface area contributed by atoms with E-state index in [2.05, 4.69) is 4.98 Å². The number of rotatable bonds is 4. The number of carbonyl (C=O) groups excluding carboxylic acids is 1. The van der Waals surface area contributed by atoms with E-state index in [9.17, 15) is 13.2 Å². The van der Waals surface area contributed by atoms with Gasteiger partial charge in [-0.3, -0.25) is 9.78 Å². The first-order chi connectivity index (χ1) is 12.0. The van der Waals surface area contributed by atoms with Gasteiger partial charge in [-0.25, -0.2) is 12.7 Å². The second-order valence-corrected chi connectivity index (χ2v) is 10.0. The van der Waals surface area contributed by atoms with Crippen molar-refractivity contribution in [2.45, 2.75) is 50.3 Å². The summed E-state index contributed by atoms with van der Waals surface area (Å²) >= 11 is 0. The molecule has 7 heteroatoms. The predicted octanol–water partition coefficient (Wildman–Crippen LogP) is 1.78. The summed E-state index contributed by atoms with van der Waals surface area (Å²) in [4.78, 5) is 18.4. The molecule has 1 unspecified atom stereocenters. The van der Waals surface area contributed by atoms with Crippen LogP contribution in [0, 0.1) is 5.41 Å². The molecule has 1 aromatic heterocycles. The molecule has 0 N–H and O–H groups in total. The maximum Gasteiger partial charge on any atom is 0.222 e. The molecule has 1 spiro atoms. The van der Waals surface area contributed by atoms with Gasteiger partial charge in [-0.1, -0.05) is 6.07 Å². The molecule has 1 aromatic rings. The average molecular weight is 363 g/mol. The number of amides is 1. The van der Waals surface area contributed by atoms with Gasteiger partial charge in [0.15, 0.2) is 0 Å². The van der Waals surface area contributed by atoms with Crippen molar-refractivity contribution in [1.82, 2.24) is 14.2 Å². The van der Waals surface area contributed by atoms with Gasteiger partial charge in [0.2, 0.25) is 15.9 Å². The van der Waals surface area contributed by atoms with Crippen LogP contribution in [0.5, 0.6) is 0 Å². The molecule has 1 amide bonds. The van der Waals surface area contributed by atoms with Gasteiger partial charge in [0.05, 0.1) is 5.25 Å². The van der Waals surface area contributed by atoms with Crippen molar-refractivity contribution in [3.8, 4) is 0 Å². The van der Waals surface area contributed by atoms with E-state index in [1.165, 1.54) is 0 Å². The zero-order valence-corrected chi connectivity index (χ0v) is 15.2. The maximum absolute atomic E-state index is 12.6. The van der Waals surface area contributed by atoms with Crippen molar-refractivity contribution in [2.24, 2.45) is 5.41 Å². The maximum atomic E-state index is 12.6. The molecule has 25 heavy (non-hydrogen) atoms. The molecule has 0 radical (unpaired) electrons. The Balaban J connectivity index is 1.50. The smallest absolute Gasteiger partial charge is 0.222 e. The number of pyridine rings is 1. The third kappa shape index (κ3) is 3.44. The Labute approximate surface area is 149 Å². The first-order valence-corrected chi connectivity index (χ1v) is 10.6. The lowest BCUT2D eigenvalue weighted by Crippen LogP contribution is -2.55. The number of carbonyl (C=O) groups is 1. The zero-order chi connectivity index (χ0) is 17.5. The molecule has 1 atom stereocenters. The average Bonchev–Trinajstić information content (AvgIpc) is 3.45. The van der Waals surface area contributed by atoms with Gasteiger partial charge in [0, 0.05) is 50.4 Å². The molecule has 4 rings (SSSR count). The molecule has 2 saturated heterocycles. The van der Waals surface area contributed by atoms with Crippen LogP contribution in [0.25, 0.3) is 0 Å². The lowest BCUT2D eigenvalue weighted by molar-refractivity contribution is -0.139. The van der Waals surface area contributed by atoms with Crippen LogP contribution in [0.1, 0.15) is 44.1 Å². The van der Waals surface area contributed by atoms with Gasteiger partial charge in [-0.15, -0.1) is 0 Å². The second kappa shape index (κ2) is 6.36. The van der Waals surface area contributed by atoms with E-state index in [-0.39, 0.29) is 16.6 Å². The Kier molecular flexibility index (Phi) is 4.32. The molecule has 1 aliphatic carbocycles. The Bertz CT molecular complexity index is 748. The first-order valence-electron chi connectivity index (χ1n) is 9.14. The topological polar surface area (TPSA) is 70.6 Å².